The molecule has 0 saturated heterocycles. The van der Waals surface area contributed by atoms with Crippen LogP contribution in [0.4, 0.5) is 5.69 Å². The summed E-state index contributed by atoms with van der Waals surface area (Å²) in [7, 11) is 0. The molecule has 2 aromatic carbocycles. The van der Waals surface area contributed by atoms with Gasteiger partial charge in [0.25, 0.3) is 5.91 Å². The first kappa shape index (κ1) is 16.2. The van der Waals surface area contributed by atoms with Crippen LogP contribution in [-0.4, -0.2) is 17.6 Å². The molecule has 1 amide bonds. The molecular formula is C19H20BrNO2. The maximum absolute atomic E-state index is 12.9. The van der Waals surface area contributed by atoms with E-state index in [1.54, 1.807) is 4.90 Å². The summed E-state index contributed by atoms with van der Waals surface area (Å²) in [6, 6.07) is 11.8. The summed E-state index contributed by atoms with van der Waals surface area (Å²) in [4.78, 5) is 14.7. The van der Waals surface area contributed by atoms with Crippen molar-refractivity contribution in [2.24, 2.45) is 0 Å². The Balaban J connectivity index is 2.00. The van der Waals surface area contributed by atoms with E-state index in [4.69, 9.17) is 0 Å². The molecule has 3 rings (SSSR count). The van der Waals surface area contributed by atoms with Gasteiger partial charge in [0.15, 0.2) is 0 Å². The van der Waals surface area contributed by atoms with Gasteiger partial charge < -0.3 is 10.0 Å². The van der Waals surface area contributed by atoms with E-state index in [0.29, 0.717) is 12.5 Å². The summed E-state index contributed by atoms with van der Waals surface area (Å²) >= 11 is 3.45. The number of aliphatic hydroxyl groups excluding tert-OH is 1. The molecule has 0 atom stereocenters. The van der Waals surface area contributed by atoms with Crippen LogP contribution in [0.5, 0.6) is 0 Å². The molecule has 1 aliphatic heterocycles. The van der Waals surface area contributed by atoms with Crippen molar-refractivity contribution < 1.29 is 9.90 Å². The summed E-state index contributed by atoms with van der Waals surface area (Å²) in [6.45, 7) is 4.86. The Labute approximate surface area is 145 Å². The highest BCUT2D eigenvalue weighted by Crippen LogP contribution is 2.32. The van der Waals surface area contributed by atoms with Crippen molar-refractivity contribution >= 4 is 27.5 Å². The van der Waals surface area contributed by atoms with Gasteiger partial charge in [-0.2, -0.15) is 0 Å². The highest BCUT2D eigenvalue weighted by Gasteiger charge is 2.27. The highest BCUT2D eigenvalue weighted by atomic mass is 79.9. The van der Waals surface area contributed by atoms with Crippen LogP contribution in [-0.2, 0) is 13.0 Å². The van der Waals surface area contributed by atoms with Gasteiger partial charge in [0.1, 0.15) is 0 Å². The third kappa shape index (κ3) is 2.93. The zero-order valence-corrected chi connectivity index (χ0v) is 14.9. The average Bonchev–Trinajstić information content (AvgIpc) is 2.54. The topological polar surface area (TPSA) is 40.5 Å². The van der Waals surface area contributed by atoms with Crippen molar-refractivity contribution in [1.82, 2.24) is 0 Å². The van der Waals surface area contributed by atoms with Crippen LogP contribution in [0.25, 0.3) is 0 Å². The third-order valence-corrected chi connectivity index (χ3v) is 5.16. The molecule has 4 heteroatoms. The SMILES string of the molecule is CC(C)c1ccc2c(c1)CCN(c1cccc(Br)c1CO)C2=O. The molecule has 0 saturated carbocycles. The van der Waals surface area contributed by atoms with Gasteiger partial charge in [-0.05, 0) is 41.7 Å². The van der Waals surface area contributed by atoms with E-state index in [0.717, 1.165) is 33.3 Å². The van der Waals surface area contributed by atoms with Crippen molar-refractivity contribution in [2.45, 2.75) is 32.8 Å². The Kier molecular flexibility index (Phi) is 4.55. The molecule has 0 radical (unpaired) electrons. The molecule has 0 spiro atoms. The first-order valence-corrected chi connectivity index (χ1v) is 8.65. The molecule has 2 aromatic rings. The fraction of sp³-hybridized carbons (Fsp3) is 0.316. The number of anilines is 1. The number of hydrogen-bond acceptors (Lipinski definition) is 2. The molecule has 1 aliphatic rings. The third-order valence-electron chi connectivity index (χ3n) is 4.42. The lowest BCUT2D eigenvalue weighted by molar-refractivity contribution is 0.0980. The lowest BCUT2D eigenvalue weighted by Gasteiger charge is -2.30. The smallest absolute Gasteiger partial charge is 0.258 e. The zero-order chi connectivity index (χ0) is 16.6. The van der Waals surface area contributed by atoms with Gasteiger partial charge in [0, 0.05) is 22.1 Å². The fourth-order valence-electron chi connectivity index (χ4n) is 3.05. The summed E-state index contributed by atoms with van der Waals surface area (Å²) in [5, 5.41) is 9.64. The van der Waals surface area contributed by atoms with Gasteiger partial charge >= 0.3 is 0 Å². The van der Waals surface area contributed by atoms with Gasteiger partial charge in [0.2, 0.25) is 0 Å². The Morgan fingerprint density at radius 2 is 2.04 bits per heavy atom. The molecule has 0 fully saturated rings. The van der Waals surface area contributed by atoms with Crippen molar-refractivity contribution in [3.63, 3.8) is 0 Å². The minimum Gasteiger partial charge on any atom is -0.392 e. The summed E-state index contributed by atoms with van der Waals surface area (Å²) in [6.07, 6.45) is 0.832. The maximum atomic E-state index is 12.9. The van der Waals surface area contributed by atoms with Crippen LogP contribution >= 0.6 is 15.9 Å². The fourth-order valence-corrected chi connectivity index (χ4v) is 3.54. The van der Waals surface area contributed by atoms with E-state index >= 15 is 0 Å². The molecule has 23 heavy (non-hydrogen) atoms. The number of carbonyl (C=O) groups is 1. The first-order chi connectivity index (χ1) is 11.0. The number of halogens is 1. The Bertz CT molecular complexity index is 755. The van der Waals surface area contributed by atoms with Gasteiger partial charge in [-0.3, -0.25) is 4.79 Å². The van der Waals surface area contributed by atoms with Crippen LogP contribution in [0, 0.1) is 0 Å². The van der Waals surface area contributed by atoms with Gasteiger partial charge in [-0.25, -0.2) is 0 Å². The van der Waals surface area contributed by atoms with E-state index < -0.39 is 0 Å². The largest absolute Gasteiger partial charge is 0.392 e. The molecule has 3 nitrogen and oxygen atoms in total. The Hall–Kier alpha value is -1.65. The number of hydrogen-bond donors (Lipinski definition) is 1. The van der Waals surface area contributed by atoms with Crippen molar-refractivity contribution in [1.29, 1.82) is 0 Å². The Morgan fingerprint density at radius 3 is 2.74 bits per heavy atom. The van der Waals surface area contributed by atoms with Gasteiger partial charge in [-0.1, -0.05) is 48.0 Å². The quantitative estimate of drug-likeness (QED) is 0.872. The molecule has 1 N–H and O–H groups in total. The lowest BCUT2D eigenvalue weighted by atomic mass is 9.92. The molecule has 0 aromatic heterocycles. The monoisotopic (exact) mass is 373 g/mol. The minimum atomic E-state index is -0.0975. The number of aliphatic hydroxyl groups is 1. The van der Waals surface area contributed by atoms with E-state index in [2.05, 4.69) is 35.8 Å². The molecule has 120 valence electrons. The van der Waals surface area contributed by atoms with Crippen LogP contribution < -0.4 is 4.90 Å². The first-order valence-electron chi connectivity index (χ1n) is 7.86. The predicted molar refractivity (Wildman–Crippen MR) is 96.0 cm³/mol. The number of fused-ring (bicyclic) bond motifs is 1. The molecule has 0 bridgehead atoms. The highest BCUT2D eigenvalue weighted by molar-refractivity contribution is 9.10. The van der Waals surface area contributed by atoms with Crippen molar-refractivity contribution in [3.8, 4) is 0 Å². The van der Waals surface area contributed by atoms with E-state index in [9.17, 15) is 9.90 Å². The van der Waals surface area contributed by atoms with E-state index in [-0.39, 0.29) is 12.5 Å². The Morgan fingerprint density at radius 1 is 1.26 bits per heavy atom. The molecule has 0 unspecified atom stereocenters. The maximum Gasteiger partial charge on any atom is 0.258 e. The summed E-state index contributed by atoms with van der Waals surface area (Å²) < 4.78 is 0.825. The van der Waals surface area contributed by atoms with Crippen LogP contribution in [0.1, 0.15) is 46.8 Å². The second kappa shape index (κ2) is 6.46. The number of carbonyl (C=O) groups excluding carboxylic acids is 1. The molecule has 0 aliphatic carbocycles. The van der Waals surface area contributed by atoms with Crippen molar-refractivity contribution in [3.05, 3.63) is 63.1 Å². The summed E-state index contributed by atoms with van der Waals surface area (Å²) in [5.74, 6) is 0.467. The normalized spacial score (nSPS) is 14.3. The van der Waals surface area contributed by atoms with Gasteiger partial charge in [-0.15, -0.1) is 0 Å². The molecular weight excluding hydrogens is 354 g/mol. The number of rotatable bonds is 3. The lowest BCUT2D eigenvalue weighted by Crippen LogP contribution is -2.38. The minimum absolute atomic E-state index is 0.00866. The second-order valence-electron chi connectivity index (χ2n) is 6.17. The van der Waals surface area contributed by atoms with Crippen LogP contribution in [0.3, 0.4) is 0 Å². The second-order valence-corrected chi connectivity index (χ2v) is 7.03. The standard InChI is InChI=1S/C19H20BrNO2/c1-12(2)13-6-7-15-14(10-13)8-9-21(19(15)23)18-5-3-4-17(20)16(18)11-22/h3-7,10,12,22H,8-9,11H2,1-2H3. The van der Waals surface area contributed by atoms with Crippen LogP contribution in [0.15, 0.2) is 40.9 Å². The number of amides is 1. The van der Waals surface area contributed by atoms with E-state index in [1.165, 1.54) is 5.56 Å². The van der Waals surface area contributed by atoms with Crippen LogP contribution in [0.2, 0.25) is 0 Å². The van der Waals surface area contributed by atoms with Crippen molar-refractivity contribution in [2.75, 3.05) is 11.4 Å². The van der Waals surface area contributed by atoms with E-state index in [1.807, 2.05) is 30.3 Å². The number of nitrogens with zero attached hydrogens (tertiary/aromatic N) is 1. The molecule has 1 heterocycles. The van der Waals surface area contributed by atoms with Gasteiger partial charge in [0.05, 0.1) is 12.3 Å². The predicted octanol–water partition coefficient (Wildman–Crippen LogP) is 4.27. The zero-order valence-electron chi connectivity index (χ0n) is 13.3. The number of benzene rings is 2. The average molecular weight is 374 g/mol. The summed E-state index contributed by atoms with van der Waals surface area (Å²) in [5.41, 5.74) is 4.69.